The van der Waals surface area contributed by atoms with E-state index in [2.05, 4.69) is 13.8 Å². The van der Waals surface area contributed by atoms with Crippen LogP contribution in [0.2, 0.25) is 0 Å². The van der Waals surface area contributed by atoms with Crippen molar-refractivity contribution in [2.75, 3.05) is 0 Å². The minimum absolute atomic E-state index is 0.394. The highest BCUT2D eigenvalue weighted by atomic mass is 16.3. The van der Waals surface area contributed by atoms with Crippen LogP contribution in [-0.4, -0.2) is 22.4 Å². The van der Waals surface area contributed by atoms with Crippen LogP contribution in [0.15, 0.2) is 0 Å². The van der Waals surface area contributed by atoms with Gasteiger partial charge in [0.15, 0.2) is 0 Å². The van der Waals surface area contributed by atoms with Crippen LogP contribution in [0.3, 0.4) is 0 Å². The molecule has 0 amide bonds. The summed E-state index contributed by atoms with van der Waals surface area (Å²) in [4.78, 5) is 0. The van der Waals surface area contributed by atoms with Crippen molar-refractivity contribution in [3.05, 3.63) is 0 Å². The Kier molecular flexibility index (Phi) is 3.83. The van der Waals surface area contributed by atoms with Crippen molar-refractivity contribution in [2.24, 2.45) is 0 Å². The van der Waals surface area contributed by atoms with Crippen LogP contribution in [0.5, 0.6) is 0 Å². The molecule has 8 heavy (non-hydrogen) atoms. The van der Waals surface area contributed by atoms with Crippen LogP contribution in [-0.2, 0) is 0 Å². The van der Waals surface area contributed by atoms with Gasteiger partial charge < -0.3 is 10.2 Å². The molecule has 0 heterocycles. The average molecular weight is 118 g/mol. The molecular weight excluding hydrogens is 104 g/mol. The summed E-state index contributed by atoms with van der Waals surface area (Å²) in [5.41, 5.74) is 0. The maximum absolute atomic E-state index is 8.19. The van der Waals surface area contributed by atoms with Crippen LogP contribution >= 0.6 is 0 Å². The monoisotopic (exact) mass is 118 g/mol. The fraction of sp³-hybridized carbons (Fsp3) is 1.00. The Hall–Kier alpha value is -0.0800. The second-order valence-corrected chi connectivity index (χ2v) is 2.08. The number of rotatable bonds is 0. The molecule has 0 spiro atoms. The number of hydrogen-bond donors (Lipinski definition) is 2. The van der Waals surface area contributed by atoms with E-state index >= 15 is 0 Å². The van der Waals surface area contributed by atoms with E-state index in [4.69, 9.17) is 10.2 Å². The van der Waals surface area contributed by atoms with E-state index in [9.17, 15) is 0 Å². The summed E-state index contributed by atoms with van der Waals surface area (Å²) in [5, 5.41) is 16.4. The van der Waals surface area contributed by atoms with Gasteiger partial charge in [-0.25, -0.2) is 0 Å². The van der Waals surface area contributed by atoms with Gasteiger partial charge in [0.2, 0.25) is 0 Å². The normalized spacial score (nSPS) is 33.0. The molecule has 1 aliphatic carbocycles. The minimum Gasteiger partial charge on any atom is -0.390 e. The highest BCUT2D eigenvalue weighted by Crippen LogP contribution is 2.18. The molecule has 50 valence electrons. The second kappa shape index (κ2) is 3.87. The van der Waals surface area contributed by atoms with Gasteiger partial charge in [-0.05, 0) is 0 Å². The van der Waals surface area contributed by atoms with Gasteiger partial charge in [-0.3, -0.25) is 0 Å². The number of hydrogen-bond acceptors (Lipinski definition) is 2. The molecule has 2 nitrogen and oxygen atoms in total. The molecule has 1 fully saturated rings. The lowest BCUT2D eigenvalue weighted by molar-refractivity contribution is 0.180. The lowest BCUT2D eigenvalue weighted by Crippen LogP contribution is -1.85. The fourth-order valence-corrected chi connectivity index (χ4v) is 0.169. The summed E-state index contributed by atoms with van der Waals surface area (Å²) in [6.07, 6.45) is 1.05. The van der Waals surface area contributed by atoms with Gasteiger partial charge in [0.1, 0.15) is 0 Å². The Balaban J connectivity index is 0.000000145. The van der Waals surface area contributed by atoms with Crippen molar-refractivity contribution < 1.29 is 10.2 Å². The van der Waals surface area contributed by atoms with Gasteiger partial charge >= 0.3 is 0 Å². The maximum atomic E-state index is 8.19. The zero-order chi connectivity index (χ0) is 6.57. The van der Waals surface area contributed by atoms with Crippen molar-refractivity contribution in [2.45, 2.75) is 38.9 Å². The third kappa shape index (κ3) is 4.09. The lowest BCUT2D eigenvalue weighted by Gasteiger charge is -1.69. The molecule has 0 radical (unpaired) electrons. The Morgan fingerprint density at radius 2 is 1.38 bits per heavy atom. The van der Waals surface area contributed by atoms with Gasteiger partial charge in [0.05, 0.1) is 12.2 Å². The van der Waals surface area contributed by atoms with E-state index in [0.717, 1.165) is 0 Å². The highest BCUT2D eigenvalue weighted by molar-refractivity contribution is 4.84. The molecule has 2 N–H and O–H groups in total. The summed E-state index contributed by atoms with van der Waals surface area (Å²) in [5.74, 6) is 0. The van der Waals surface area contributed by atoms with Crippen molar-refractivity contribution in [1.29, 1.82) is 0 Å². The first kappa shape index (κ1) is 7.92. The molecule has 0 aromatic heterocycles. The maximum Gasteiger partial charge on any atom is 0.0825 e. The van der Waals surface area contributed by atoms with E-state index in [1.54, 1.807) is 0 Å². The first-order chi connectivity index (χ1) is 3.72. The summed E-state index contributed by atoms with van der Waals surface area (Å²) in [6, 6.07) is 0. The van der Waals surface area contributed by atoms with E-state index in [-0.39, 0.29) is 0 Å². The van der Waals surface area contributed by atoms with Gasteiger partial charge in [-0.15, -0.1) is 0 Å². The predicted octanol–water partition coefficient (Wildman–Crippen LogP) is 0.528. The van der Waals surface area contributed by atoms with Crippen molar-refractivity contribution in [1.82, 2.24) is 0 Å². The summed E-state index contributed by atoms with van der Waals surface area (Å²) in [6.45, 7) is 4.25. The molecule has 1 aliphatic rings. The van der Waals surface area contributed by atoms with Crippen LogP contribution in [0, 0.1) is 0 Å². The predicted molar refractivity (Wildman–Crippen MR) is 32.6 cm³/mol. The smallest absolute Gasteiger partial charge is 0.0825 e. The van der Waals surface area contributed by atoms with Crippen LogP contribution in [0.25, 0.3) is 0 Å². The molecule has 0 bridgehead atoms. The summed E-state index contributed by atoms with van der Waals surface area (Å²) in [7, 11) is 0. The molecule has 1 rings (SSSR count). The Morgan fingerprint density at radius 1 is 1.25 bits per heavy atom. The lowest BCUT2D eigenvalue weighted by atomic mass is 10.6. The SMILES string of the molecule is CCC.OC1CC1O. The van der Waals surface area contributed by atoms with Crippen LogP contribution in [0.1, 0.15) is 26.7 Å². The van der Waals surface area contributed by atoms with Crippen molar-refractivity contribution in [3.8, 4) is 0 Å². The summed E-state index contributed by atoms with van der Waals surface area (Å²) < 4.78 is 0. The van der Waals surface area contributed by atoms with E-state index in [1.807, 2.05) is 0 Å². The third-order valence-corrected chi connectivity index (χ3v) is 0.724. The molecule has 2 unspecified atom stereocenters. The Morgan fingerprint density at radius 3 is 1.38 bits per heavy atom. The first-order valence-electron chi connectivity index (χ1n) is 3.08. The Labute approximate surface area is 50.2 Å². The third-order valence-electron chi connectivity index (χ3n) is 0.724. The molecule has 1 saturated carbocycles. The average Bonchev–Trinajstić information content (AvgIpc) is 2.22. The number of aliphatic hydroxyl groups is 2. The van der Waals surface area contributed by atoms with Crippen molar-refractivity contribution >= 4 is 0 Å². The molecule has 0 aliphatic heterocycles. The first-order valence-corrected chi connectivity index (χ1v) is 3.08. The van der Waals surface area contributed by atoms with E-state index in [1.165, 1.54) is 6.42 Å². The molecule has 0 saturated heterocycles. The zero-order valence-electron chi connectivity index (χ0n) is 5.46. The quantitative estimate of drug-likeness (QED) is 0.487. The van der Waals surface area contributed by atoms with Crippen molar-refractivity contribution in [3.63, 3.8) is 0 Å². The van der Waals surface area contributed by atoms with Gasteiger partial charge in [0, 0.05) is 6.42 Å². The summed E-state index contributed by atoms with van der Waals surface area (Å²) >= 11 is 0. The highest BCUT2D eigenvalue weighted by Gasteiger charge is 2.32. The molecular formula is C6H14O2. The zero-order valence-corrected chi connectivity index (χ0v) is 5.46. The minimum atomic E-state index is -0.394. The topological polar surface area (TPSA) is 40.5 Å². The van der Waals surface area contributed by atoms with E-state index in [0.29, 0.717) is 6.42 Å². The van der Waals surface area contributed by atoms with Crippen LogP contribution < -0.4 is 0 Å². The van der Waals surface area contributed by atoms with E-state index < -0.39 is 12.2 Å². The second-order valence-electron chi connectivity index (χ2n) is 2.08. The molecule has 2 atom stereocenters. The van der Waals surface area contributed by atoms with Gasteiger partial charge in [-0.2, -0.15) is 0 Å². The van der Waals surface area contributed by atoms with Gasteiger partial charge in [0.25, 0.3) is 0 Å². The molecule has 0 aromatic carbocycles. The standard InChI is InChI=1S/C3H6O2.C3H8/c4-2-1-3(2)5;1-3-2/h2-5H,1H2;3H2,1-2H3. The molecule has 2 heteroatoms. The van der Waals surface area contributed by atoms with Gasteiger partial charge in [-0.1, -0.05) is 20.3 Å². The molecule has 0 aromatic rings. The van der Waals surface area contributed by atoms with Crippen LogP contribution in [0.4, 0.5) is 0 Å². The number of aliphatic hydroxyl groups excluding tert-OH is 2. The fourth-order valence-electron chi connectivity index (χ4n) is 0.169. The largest absolute Gasteiger partial charge is 0.390 e. The Bertz CT molecular complexity index is 48.5.